The lowest BCUT2D eigenvalue weighted by molar-refractivity contribution is -0.180. The first kappa shape index (κ1) is 103. The molecule has 740 valence electrons. The van der Waals surface area contributed by atoms with E-state index in [0.29, 0.717) is 63.1 Å². The van der Waals surface area contributed by atoms with Crippen LogP contribution in [0.5, 0.6) is 0 Å². The second-order valence-electron chi connectivity index (χ2n) is 36.0. The molecule has 0 aromatic carbocycles. The maximum Gasteiger partial charge on any atom is 0.347 e. The highest BCUT2D eigenvalue weighted by Gasteiger charge is 2.67. The summed E-state index contributed by atoms with van der Waals surface area (Å²) in [6.07, 6.45) is 2.77. The summed E-state index contributed by atoms with van der Waals surface area (Å²) in [5.74, 6) is -10.5. The molecular formula is C92H108O44. The molecule has 44 heteroatoms. The van der Waals surface area contributed by atoms with Gasteiger partial charge in [0.15, 0.2) is 58.5 Å². The lowest BCUT2D eigenvalue weighted by atomic mass is 9.65. The summed E-state index contributed by atoms with van der Waals surface area (Å²) in [6.45, 7) is 32.1. The molecule has 0 amide bonds. The van der Waals surface area contributed by atoms with Crippen molar-refractivity contribution < 1.29 is 210 Å². The Morgan fingerprint density at radius 1 is 0.346 bits per heavy atom. The molecule has 44 nitrogen and oxygen atoms in total. The molecule has 12 bridgehead atoms. The van der Waals surface area contributed by atoms with Crippen molar-refractivity contribution in [3.05, 3.63) is 85.1 Å². The second-order valence-corrected chi connectivity index (χ2v) is 36.0. The highest BCUT2D eigenvalue weighted by Crippen LogP contribution is 2.58. The number of esters is 21. The highest BCUT2D eigenvalue weighted by molar-refractivity contribution is 5.93. The van der Waals surface area contributed by atoms with Gasteiger partial charge in [-0.15, -0.1) is 0 Å². The Morgan fingerprint density at radius 2 is 0.809 bits per heavy atom. The molecule has 6 saturated carbocycles. The van der Waals surface area contributed by atoms with Crippen molar-refractivity contribution in [1.82, 2.24) is 0 Å². The van der Waals surface area contributed by atoms with Crippen molar-refractivity contribution in [2.45, 2.75) is 217 Å². The molecule has 0 spiro atoms. The van der Waals surface area contributed by atoms with Crippen molar-refractivity contribution in [3.8, 4) is 0 Å². The van der Waals surface area contributed by atoms with Crippen LogP contribution in [0, 0.1) is 71.0 Å². The molecule has 12 saturated heterocycles. The lowest BCUT2D eigenvalue weighted by Gasteiger charge is -2.45. The zero-order valence-corrected chi connectivity index (χ0v) is 75.8. The first-order chi connectivity index (χ1) is 64.2. The van der Waals surface area contributed by atoms with Crippen LogP contribution in [-0.2, 0) is 210 Å². The van der Waals surface area contributed by atoms with Gasteiger partial charge in [0.2, 0.25) is 6.10 Å². The first-order valence-corrected chi connectivity index (χ1v) is 44.0. The average Bonchev–Trinajstić information content (AvgIpc) is 1.62. The Morgan fingerprint density at radius 3 is 1.32 bits per heavy atom. The third-order valence-corrected chi connectivity index (χ3v) is 25.3. The van der Waals surface area contributed by atoms with Gasteiger partial charge in [-0.05, 0) is 112 Å². The van der Waals surface area contributed by atoms with Crippen LogP contribution in [0.4, 0.5) is 0 Å². The monoisotopic (exact) mass is 1920 g/mol. The van der Waals surface area contributed by atoms with E-state index in [-0.39, 0.29) is 178 Å². The molecule has 0 radical (unpaired) electrons. The van der Waals surface area contributed by atoms with Crippen LogP contribution in [0.15, 0.2) is 85.1 Å². The average molecular weight is 1920 g/mol. The number of cyclic esters (lactones) is 4. The van der Waals surface area contributed by atoms with E-state index in [1.165, 1.54) is 48.5 Å². The SMILES string of the molecule is C=C(C)C(=O)OCC(=O)OC12CC3CC(C1)OC(=O)C(C3)C2.C=C(C)C(=O)OCC(=O)OC1C2CC3C(=O)OC1C3C2.C=C(C)C(=O)OCC(=O)OC1C2CC3C(=O)OC1C3O2.C=C(C)C(=O)OCC(=O)OC1CC2CC1C1C(=O)OCC21.C=C(C)C(=O)OCC(=O)OC1CC2OC1C1C(=O)OCC21.C=C(C)C(=O)OCC(=O)OC1CCOC1=O.C=C(C)C(=O)OCC(=O)OC1COC(=O)C1. The minimum Gasteiger partial charge on any atom is -0.465 e. The van der Waals surface area contributed by atoms with Crippen LogP contribution in [0.1, 0.15) is 132 Å². The molecular weight excluding hydrogens is 1810 g/mol. The number of carbonyl (C=O) groups is 21. The van der Waals surface area contributed by atoms with Crippen LogP contribution >= 0.6 is 0 Å². The van der Waals surface area contributed by atoms with E-state index in [9.17, 15) is 101 Å². The van der Waals surface area contributed by atoms with Crippen molar-refractivity contribution in [2.24, 2.45) is 71.0 Å². The van der Waals surface area contributed by atoms with Gasteiger partial charge in [0.25, 0.3) is 0 Å². The van der Waals surface area contributed by atoms with Crippen LogP contribution < -0.4 is 0 Å². The zero-order chi connectivity index (χ0) is 99.3. The van der Waals surface area contributed by atoms with Gasteiger partial charge in [0.1, 0.15) is 61.0 Å². The van der Waals surface area contributed by atoms with Crippen molar-refractivity contribution >= 4 is 125 Å². The molecule has 18 fully saturated rings. The van der Waals surface area contributed by atoms with Gasteiger partial charge in [0, 0.05) is 94.3 Å². The number of hydrogen-bond donors (Lipinski definition) is 0. The summed E-state index contributed by atoms with van der Waals surface area (Å²) in [5.41, 5.74) is 0.856. The van der Waals surface area contributed by atoms with Gasteiger partial charge in [-0.3, -0.25) is 28.8 Å². The number of rotatable bonds is 28. The smallest absolute Gasteiger partial charge is 0.347 e. The number of hydrogen-bond acceptors (Lipinski definition) is 44. The summed E-state index contributed by atoms with van der Waals surface area (Å²) in [6, 6.07) is 0. The van der Waals surface area contributed by atoms with Crippen LogP contribution in [0.25, 0.3) is 0 Å². The van der Waals surface area contributed by atoms with Crippen LogP contribution in [-0.4, -0.2) is 283 Å². The largest absolute Gasteiger partial charge is 0.465 e. The molecule has 0 aromatic heterocycles. The van der Waals surface area contributed by atoms with E-state index in [4.69, 9.17) is 90.0 Å². The molecule has 26 unspecified atom stereocenters. The zero-order valence-electron chi connectivity index (χ0n) is 75.8. The maximum absolute atomic E-state index is 12.0. The molecule has 26 atom stereocenters. The number of fused-ring (bicyclic) bond motifs is 13. The quantitative estimate of drug-likeness (QED) is 0.0617. The van der Waals surface area contributed by atoms with Gasteiger partial charge in [-0.25, -0.2) is 71.9 Å². The van der Waals surface area contributed by atoms with Crippen molar-refractivity contribution in [2.75, 3.05) is 72.7 Å². The molecule has 18 rings (SSSR count). The summed E-state index contributed by atoms with van der Waals surface area (Å²) in [4.78, 5) is 239. The van der Waals surface area contributed by atoms with Gasteiger partial charge >= 0.3 is 125 Å². The maximum atomic E-state index is 12.0. The molecule has 12 heterocycles. The normalized spacial score (nSPS) is 32.1. The second kappa shape index (κ2) is 45.1. The van der Waals surface area contributed by atoms with E-state index in [2.05, 4.69) is 65.0 Å². The molecule has 6 aliphatic carbocycles. The third-order valence-electron chi connectivity index (χ3n) is 25.3. The Kier molecular flexibility index (Phi) is 34.3. The number of ether oxygens (including phenoxy) is 23. The minimum atomic E-state index is -0.879. The van der Waals surface area contributed by atoms with Crippen LogP contribution in [0.2, 0.25) is 0 Å². The highest BCUT2D eigenvalue weighted by atomic mass is 16.7. The minimum absolute atomic E-state index is 0.0128. The summed E-state index contributed by atoms with van der Waals surface area (Å²) in [7, 11) is 0. The fourth-order valence-corrected chi connectivity index (χ4v) is 19.4. The Labute approximate surface area is 777 Å². The third kappa shape index (κ3) is 26.0. The molecule has 136 heavy (non-hydrogen) atoms. The van der Waals surface area contributed by atoms with Gasteiger partial charge in [0.05, 0.1) is 68.0 Å². The summed E-state index contributed by atoms with van der Waals surface area (Å²) < 4.78 is 116. The van der Waals surface area contributed by atoms with Crippen LogP contribution in [0.3, 0.4) is 0 Å². The predicted octanol–water partition coefficient (Wildman–Crippen LogP) is 2.61. The first-order valence-electron chi connectivity index (χ1n) is 44.0. The van der Waals surface area contributed by atoms with E-state index in [0.717, 1.165) is 44.9 Å². The molecule has 12 aliphatic heterocycles. The van der Waals surface area contributed by atoms with E-state index < -0.39 is 190 Å². The fraction of sp³-hybridized carbons (Fsp3) is 0.620. The standard InChI is InChI=1S/C16H20O6.C15H18O6.C14H16O7.C14H16O6.C13H14O7.2C10H12O6/c1-9(2)14(18)20-8-13(17)22-16-5-10-3-11(6-16)15(19)21-12(4-10)7-16;1-7(2)14(17)20-6-12(16)21-11-4-8-3-9(11)13-10(8)5-19-15(13)18;1-6(2)13(16)19-5-10(15)20-9-3-8-7-4-18-14(17)11(7)12(9)21-8;1-6(2)13(16)18-5-10(15)19-11-7-3-8-9(4-7)14(17)20-12(8)11;1-5(2)12(15)17-4-8(14)19-10-7-3-6-9(18-7)11(10)20-13(6)16;1-6(2)10(13)15-5-9(12)16-7-3-8(11)14-4-7;1-6(2)9(12)15-5-8(11)16-7-3-4-14-10(7)13/h10-12H,1,3-8H2,2H3;8-11,13H,1,3-6H2,2H3;7-9,11-12H,1,3-5H2,2H3;7-9,11-12H,1,3-5H2,2H3;6-7,9-11H,1,3-4H2,2H3;2*7H,1,3-5H2,2H3. The van der Waals surface area contributed by atoms with Gasteiger partial charge in [-0.2, -0.15) is 0 Å². The summed E-state index contributed by atoms with van der Waals surface area (Å²) in [5, 5.41) is 0. The molecule has 0 aromatic rings. The fourth-order valence-electron chi connectivity index (χ4n) is 19.4. The summed E-state index contributed by atoms with van der Waals surface area (Å²) >= 11 is 0. The Hall–Kier alpha value is -13.0. The van der Waals surface area contributed by atoms with Crippen molar-refractivity contribution in [1.29, 1.82) is 0 Å². The van der Waals surface area contributed by atoms with Crippen molar-refractivity contribution in [3.63, 3.8) is 0 Å². The van der Waals surface area contributed by atoms with Gasteiger partial charge < -0.3 is 109 Å². The predicted molar refractivity (Wildman–Crippen MR) is 441 cm³/mol. The van der Waals surface area contributed by atoms with E-state index in [1.54, 1.807) is 0 Å². The van der Waals surface area contributed by atoms with Gasteiger partial charge in [-0.1, -0.05) is 46.1 Å². The topological polar surface area (TPSA) is 571 Å². The number of carbonyl (C=O) groups excluding carboxylic acids is 21. The van der Waals surface area contributed by atoms with E-state index >= 15 is 0 Å². The lowest BCUT2D eigenvalue weighted by Crippen LogP contribution is -2.48. The Balaban J connectivity index is 0.000000153. The molecule has 0 N–H and O–H groups in total. The molecule has 18 aliphatic rings. The van der Waals surface area contributed by atoms with E-state index in [1.807, 2.05) is 0 Å². The Bertz CT molecular complexity index is 4690.